The Bertz CT molecular complexity index is 4340. The molecule has 5 aliphatic rings. The fraction of sp³-hybridized carbons (Fsp3) is 0.338. The number of anilines is 2. The van der Waals surface area contributed by atoms with Gasteiger partial charge < -0.3 is 58.7 Å². The van der Waals surface area contributed by atoms with Gasteiger partial charge in [-0.15, -0.1) is 0 Å². The maximum atomic E-state index is 12.6. The predicted molar refractivity (Wildman–Crippen MR) is 379 cm³/mol. The molecule has 22 heteroatoms. The topological polar surface area (TPSA) is 259 Å². The number of nitrogen functional groups attached to an aromatic ring is 1. The summed E-state index contributed by atoms with van der Waals surface area (Å²) >= 11 is 0. The van der Waals surface area contributed by atoms with E-state index >= 15 is 0 Å². The zero-order chi connectivity index (χ0) is 68.5. The molecule has 0 radical (unpaired) electrons. The van der Waals surface area contributed by atoms with Gasteiger partial charge in [0.05, 0.1) is 82.4 Å². The van der Waals surface area contributed by atoms with Crippen LogP contribution in [0.3, 0.4) is 0 Å². The van der Waals surface area contributed by atoms with Crippen molar-refractivity contribution in [1.82, 2.24) is 34.3 Å². The van der Waals surface area contributed by atoms with Crippen LogP contribution in [0, 0.1) is 0 Å². The molecular formula is C77H87N9O13. The first-order valence-electron chi connectivity index (χ1n) is 33.1. The van der Waals surface area contributed by atoms with Crippen molar-refractivity contribution in [1.29, 1.82) is 0 Å². The Morgan fingerprint density at radius 3 is 1.51 bits per heavy atom. The standard InChI is InChI=1S/C24H25N3O3.C24H23N3O3.C13H18O3.C9H9N3.C6H8O4.CH4/c2*1-29-21-12-11-16(13-22(21)30-18-9-5-6-10-18)19-14-23(28)26-24-20(19)15-25-27(24)17-7-3-2-4-8-17;1-14-11-7-8-12(15-2)13(9-11)16-10-5-3-4-6-10;10-9-6-7-11-12(9)8-4-2-1-3-5-8;1-6(2)9-4(7)3-5(8)10-6;/h2-4,7-8,11-13,15,18-19H,5-6,9-10,14H2,1H3,(H,26,28);2-4,7-8,11-15,18H,5-6,9-10H2,1H3,(H,26,28);7-10H,3-6H2,1-2H3;1-7H,10H2;3H2,1-2H3;1H4. The van der Waals surface area contributed by atoms with Gasteiger partial charge in [0.1, 0.15) is 29.5 Å². The molecule has 2 aliphatic heterocycles. The van der Waals surface area contributed by atoms with Gasteiger partial charge in [0.2, 0.25) is 11.5 Å². The smallest absolute Gasteiger partial charge is 0.320 e. The largest absolute Gasteiger partial charge is 0.497 e. The molecule has 1 atom stereocenters. The van der Waals surface area contributed by atoms with Crippen LogP contribution in [0.1, 0.15) is 128 Å². The van der Waals surface area contributed by atoms with Crippen LogP contribution in [-0.4, -0.2) is 105 Å². The van der Waals surface area contributed by atoms with Gasteiger partial charge in [0, 0.05) is 55.3 Å². The van der Waals surface area contributed by atoms with Crippen LogP contribution in [0.2, 0.25) is 0 Å². The Balaban J connectivity index is 0.000000143. The number of para-hydroxylation sites is 3. The third kappa shape index (κ3) is 18.0. The lowest BCUT2D eigenvalue weighted by molar-refractivity contribution is -0.231. The minimum absolute atomic E-state index is 0. The number of H-pyrrole nitrogens is 1. The second-order valence-electron chi connectivity index (χ2n) is 24.6. The number of carbonyl (C=O) groups is 3. The van der Waals surface area contributed by atoms with Gasteiger partial charge >= 0.3 is 11.9 Å². The van der Waals surface area contributed by atoms with E-state index in [1.807, 2.05) is 152 Å². The fourth-order valence-electron chi connectivity index (χ4n) is 12.5. The Hall–Kier alpha value is -11.0. The molecule has 6 aromatic carbocycles. The number of amides is 1. The van der Waals surface area contributed by atoms with Crippen molar-refractivity contribution in [3.05, 3.63) is 198 Å². The Kier molecular flexibility index (Phi) is 23.8. The van der Waals surface area contributed by atoms with Crippen LogP contribution in [0.25, 0.3) is 39.2 Å². The van der Waals surface area contributed by atoms with Gasteiger partial charge in [-0.1, -0.05) is 74.2 Å². The van der Waals surface area contributed by atoms with Crippen LogP contribution in [0.4, 0.5) is 11.6 Å². The number of pyridine rings is 1. The summed E-state index contributed by atoms with van der Waals surface area (Å²) in [6.45, 7) is 3.03. The number of hydrogen-bond acceptors (Lipinski definition) is 17. The van der Waals surface area contributed by atoms with Crippen molar-refractivity contribution >= 4 is 40.5 Å². The highest BCUT2D eigenvalue weighted by molar-refractivity contribution is 5.95. The van der Waals surface area contributed by atoms with Crippen molar-refractivity contribution in [2.45, 2.75) is 141 Å². The number of aromatic amines is 1. The van der Waals surface area contributed by atoms with E-state index in [0.29, 0.717) is 35.5 Å². The summed E-state index contributed by atoms with van der Waals surface area (Å²) < 4.78 is 54.5. The van der Waals surface area contributed by atoms with Crippen molar-refractivity contribution in [2.24, 2.45) is 0 Å². The first-order valence-corrected chi connectivity index (χ1v) is 33.1. The molecule has 15 rings (SSSR count). The molecule has 0 spiro atoms. The SMILES string of the molecule is C.CC1(C)OC(=O)CC(=O)O1.COc1ccc(-c2cc(=O)[nH]c3c2cnn3-c2ccccc2)cc1OC1CCCC1.COc1ccc(C2CC(=O)Nc3c2cnn3-c2ccccc2)cc1OC1CCCC1.COc1ccc(OC)c(OC2CCCC2)c1.Nc1ccnn1-c1ccccc1. The van der Waals surface area contributed by atoms with Crippen LogP contribution in [0.5, 0.6) is 40.2 Å². The zero-order valence-electron chi connectivity index (χ0n) is 56.0. The minimum atomic E-state index is -1.08. The van der Waals surface area contributed by atoms with Crippen molar-refractivity contribution < 1.29 is 57.0 Å². The fourth-order valence-corrected chi connectivity index (χ4v) is 12.5. The highest BCUT2D eigenvalue weighted by atomic mass is 16.7. The summed E-state index contributed by atoms with van der Waals surface area (Å²) in [5, 5.41) is 17.0. The van der Waals surface area contributed by atoms with E-state index in [4.69, 9.17) is 38.9 Å². The van der Waals surface area contributed by atoms with Crippen LogP contribution < -0.4 is 49.8 Å². The number of ether oxygens (including phenoxy) is 9. The van der Waals surface area contributed by atoms with Crippen LogP contribution >= 0.6 is 0 Å². The molecule has 1 saturated heterocycles. The third-order valence-corrected chi connectivity index (χ3v) is 17.3. The number of methoxy groups -OCH3 is 4. The van der Waals surface area contributed by atoms with Gasteiger partial charge in [-0.3, -0.25) is 19.2 Å². The second-order valence-corrected chi connectivity index (χ2v) is 24.6. The summed E-state index contributed by atoms with van der Waals surface area (Å²) in [4.78, 5) is 49.1. The number of fused-ring (bicyclic) bond motifs is 2. The van der Waals surface area contributed by atoms with E-state index in [-0.39, 0.29) is 43.4 Å². The molecule has 10 aromatic rings. The van der Waals surface area contributed by atoms with Gasteiger partial charge in [0.25, 0.3) is 5.79 Å². The van der Waals surface area contributed by atoms with Gasteiger partial charge in [-0.05, 0) is 167 Å². The summed E-state index contributed by atoms with van der Waals surface area (Å²) in [6.07, 6.45) is 20.1. The maximum Gasteiger partial charge on any atom is 0.320 e. The average Bonchev–Trinajstić information content (AvgIpc) is 1.72. The van der Waals surface area contributed by atoms with Crippen molar-refractivity contribution in [2.75, 3.05) is 39.5 Å². The number of benzene rings is 6. The number of esters is 2. The molecule has 4 fully saturated rings. The summed E-state index contributed by atoms with van der Waals surface area (Å²) in [6, 6.07) is 50.2. The molecule has 99 heavy (non-hydrogen) atoms. The number of nitrogens with zero attached hydrogens (tertiary/aromatic N) is 6. The maximum absolute atomic E-state index is 12.6. The van der Waals surface area contributed by atoms with E-state index in [1.165, 1.54) is 52.4 Å². The van der Waals surface area contributed by atoms with E-state index < -0.39 is 17.7 Å². The number of cyclic esters (lactones) is 2. The number of aromatic nitrogens is 7. The number of rotatable bonds is 15. The molecule has 0 bridgehead atoms. The number of hydrogen-bond donors (Lipinski definition) is 3. The quantitative estimate of drug-likeness (QED) is 0.0636. The van der Waals surface area contributed by atoms with E-state index in [1.54, 1.807) is 67.0 Å². The van der Waals surface area contributed by atoms with Crippen LogP contribution in [0.15, 0.2) is 181 Å². The molecule has 4 N–H and O–H groups in total. The molecule has 6 heterocycles. The van der Waals surface area contributed by atoms with Crippen molar-refractivity contribution in [3.63, 3.8) is 0 Å². The lowest BCUT2D eigenvalue weighted by Gasteiger charge is -2.28. The van der Waals surface area contributed by atoms with Gasteiger partial charge in [-0.2, -0.15) is 15.3 Å². The average molecular weight is 1350 g/mol. The molecule has 3 aliphatic carbocycles. The number of carbonyl (C=O) groups excluding carboxylic acids is 3. The minimum Gasteiger partial charge on any atom is -0.497 e. The van der Waals surface area contributed by atoms with E-state index in [2.05, 4.69) is 35.1 Å². The molecule has 3 saturated carbocycles. The summed E-state index contributed by atoms with van der Waals surface area (Å²) in [5.41, 5.74) is 12.7. The molecular weight excluding hydrogens is 1260 g/mol. The summed E-state index contributed by atoms with van der Waals surface area (Å²) in [5.74, 6) is 4.41. The first kappa shape index (κ1) is 70.8. The van der Waals surface area contributed by atoms with Gasteiger partial charge in [-0.25, -0.2) is 14.0 Å². The lowest BCUT2D eigenvalue weighted by Crippen LogP contribution is -2.39. The molecule has 22 nitrogen and oxygen atoms in total. The molecule has 1 unspecified atom stereocenters. The molecule has 4 aromatic heterocycles. The highest BCUT2D eigenvalue weighted by Crippen LogP contribution is 2.43. The van der Waals surface area contributed by atoms with Crippen LogP contribution in [-0.2, 0) is 23.9 Å². The Labute approximate surface area is 576 Å². The monoisotopic (exact) mass is 1350 g/mol. The van der Waals surface area contributed by atoms with E-state index in [0.717, 1.165) is 118 Å². The molecule has 1 amide bonds. The number of nitrogens with one attached hydrogen (secondary N) is 2. The second kappa shape index (κ2) is 33.3. The number of nitrogens with two attached hydrogens (primary N) is 1. The summed E-state index contributed by atoms with van der Waals surface area (Å²) in [7, 11) is 6.61. The van der Waals surface area contributed by atoms with Gasteiger partial charge in [0.15, 0.2) is 34.5 Å². The third-order valence-electron chi connectivity index (χ3n) is 17.3. The van der Waals surface area contributed by atoms with E-state index in [9.17, 15) is 19.2 Å². The zero-order valence-corrected chi connectivity index (χ0v) is 56.0. The predicted octanol–water partition coefficient (Wildman–Crippen LogP) is 14.7. The molecule has 518 valence electrons. The first-order chi connectivity index (χ1) is 47.7. The normalized spacial score (nSPS) is 16.2. The Morgan fingerprint density at radius 2 is 1.00 bits per heavy atom. The highest BCUT2D eigenvalue weighted by Gasteiger charge is 2.35. The Morgan fingerprint density at radius 1 is 0.515 bits per heavy atom. The van der Waals surface area contributed by atoms with Crippen molar-refractivity contribution in [3.8, 4) is 68.4 Å². The lowest BCUT2D eigenvalue weighted by atomic mass is 9.87.